The summed E-state index contributed by atoms with van der Waals surface area (Å²) in [4.78, 5) is 0. The van der Waals surface area contributed by atoms with Crippen molar-refractivity contribution in [3.63, 3.8) is 0 Å². The number of rotatable bonds is 5. The van der Waals surface area contributed by atoms with Gasteiger partial charge in [0.05, 0.1) is 11.3 Å². The molecular formula is C12H12F2N2O4S. The van der Waals surface area contributed by atoms with Crippen molar-refractivity contribution in [1.29, 1.82) is 0 Å². The molecule has 0 saturated heterocycles. The Morgan fingerprint density at radius 1 is 1.33 bits per heavy atom. The van der Waals surface area contributed by atoms with Crippen LogP contribution in [0.15, 0.2) is 28.8 Å². The number of sulfone groups is 1. The van der Waals surface area contributed by atoms with Gasteiger partial charge in [-0.15, -0.1) is 0 Å². The minimum atomic E-state index is -3.32. The van der Waals surface area contributed by atoms with Crippen LogP contribution in [0.1, 0.15) is 5.69 Å². The highest BCUT2D eigenvalue weighted by atomic mass is 32.2. The van der Waals surface area contributed by atoms with E-state index in [1.807, 2.05) is 0 Å². The van der Waals surface area contributed by atoms with E-state index in [9.17, 15) is 17.2 Å². The molecule has 0 bridgehead atoms. The minimum absolute atomic E-state index is 0.0200. The standard InChI is InChI=1S/C12H12F2N2O4S/c1-21(17,18)6-9-10(11(15)20-16-9)7-2-4-8(5-3-7)19-12(13)14/h2-5,12H,6,15H2,1H3. The van der Waals surface area contributed by atoms with E-state index >= 15 is 0 Å². The second-order valence-electron chi connectivity index (χ2n) is 4.34. The molecular weight excluding hydrogens is 306 g/mol. The van der Waals surface area contributed by atoms with E-state index in [0.29, 0.717) is 11.1 Å². The number of nitrogens with two attached hydrogens (primary N) is 1. The van der Waals surface area contributed by atoms with Crippen LogP contribution in [0.4, 0.5) is 14.7 Å². The third-order valence-electron chi connectivity index (χ3n) is 2.56. The summed E-state index contributed by atoms with van der Waals surface area (Å²) in [6.45, 7) is -2.92. The van der Waals surface area contributed by atoms with Crippen LogP contribution in [-0.4, -0.2) is 26.4 Å². The zero-order valence-corrected chi connectivity index (χ0v) is 11.7. The highest BCUT2D eigenvalue weighted by Gasteiger charge is 2.19. The predicted octanol–water partition coefficient (Wildman–Crippen LogP) is 2.07. The van der Waals surface area contributed by atoms with Crippen LogP contribution in [0.5, 0.6) is 5.75 Å². The average molecular weight is 318 g/mol. The van der Waals surface area contributed by atoms with Crippen LogP contribution >= 0.6 is 0 Å². The molecule has 1 aromatic heterocycles. The molecule has 2 rings (SSSR count). The van der Waals surface area contributed by atoms with E-state index in [0.717, 1.165) is 6.26 Å². The highest BCUT2D eigenvalue weighted by molar-refractivity contribution is 7.89. The van der Waals surface area contributed by atoms with E-state index < -0.39 is 16.4 Å². The lowest BCUT2D eigenvalue weighted by atomic mass is 10.1. The molecule has 0 aliphatic carbocycles. The molecule has 21 heavy (non-hydrogen) atoms. The molecule has 0 aliphatic heterocycles. The van der Waals surface area contributed by atoms with Gasteiger partial charge in [-0.2, -0.15) is 8.78 Å². The molecule has 0 fully saturated rings. The van der Waals surface area contributed by atoms with Gasteiger partial charge < -0.3 is 15.0 Å². The van der Waals surface area contributed by atoms with Gasteiger partial charge in [-0.3, -0.25) is 0 Å². The van der Waals surface area contributed by atoms with Crippen molar-refractivity contribution in [2.45, 2.75) is 12.4 Å². The average Bonchev–Trinajstić information content (AvgIpc) is 2.69. The number of ether oxygens (including phenoxy) is 1. The summed E-state index contributed by atoms with van der Waals surface area (Å²) in [5.74, 6) is -0.400. The fourth-order valence-corrected chi connectivity index (χ4v) is 2.49. The normalized spacial score (nSPS) is 11.8. The van der Waals surface area contributed by atoms with Gasteiger partial charge in [0, 0.05) is 6.26 Å². The largest absolute Gasteiger partial charge is 0.435 e. The smallest absolute Gasteiger partial charge is 0.387 e. The van der Waals surface area contributed by atoms with Gasteiger partial charge in [0.25, 0.3) is 0 Å². The van der Waals surface area contributed by atoms with Crippen molar-refractivity contribution in [3.8, 4) is 16.9 Å². The Morgan fingerprint density at radius 3 is 2.48 bits per heavy atom. The molecule has 0 saturated carbocycles. The zero-order chi connectivity index (χ0) is 15.6. The molecule has 2 N–H and O–H groups in total. The first-order valence-corrected chi connectivity index (χ1v) is 7.79. The van der Waals surface area contributed by atoms with Gasteiger partial charge >= 0.3 is 6.61 Å². The van der Waals surface area contributed by atoms with Crippen LogP contribution in [0.3, 0.4) is 0 Å². The summed E-state index contributed by atoms with van der Waals surface area (Å²) in [5.41, 5.74) is 6.62. The van der Waals surface area contributed by atoms with Crippen molar-refractivity contribution in [1.82, 2.24) is 5.16 Å². The molecule has 1 aromatic carbocycles. The molecule has 0 spiro atoms. The van der Waals surface area contributed by atoms with Gasteiger partial charge in [-0.05, 0) is 17.7 Å². The van der Waals surface area contributed by atoms with Crippen molar-refractivity contribution < 1.29 is 26.5 Å². The van der Waals surface area contributed by atoms with Gasteiger partial charge in [0.2, 0.25) is 5.88 Å². The van der Waals surface area contributed by atoms with Crippen LogP contribution in [0.2, 0.25) is 0 Å². The molecule has 0 atom stereocenters. The van der Waals surface area contributed by atoms with Crippen molar-refractivity contribution in [3.05, 3.63) is 30.0 Å². The monoisotopic (exact) mass is 318 g/mol. The Labute approximate surface area is 119 Å². The number of nitrogens with zero attached hydrogens (tertiary/aromatic N) is 1. The third kappa shape index (κ3) is 3.91. The second-order valence-corrected chi connectivity index (χ2v) is 6.48. The number of aromatic nitrogens is 1. The molecule has 6 nitrogen and oxygen atoms in total. The van der Waals surface area contributed by atoms with Gasteiger partial charge in [-0.1, -0.05) is 17.3 Å². The van der Waals surface area contributed by atoms with E-state index in [1.165, 1.54) is 24.3 Å². The first-order chi connectivity index (χ1) is 9.76. The number of halogens is 2. The summed E-state index contributed by atoms with van der Waals surface area (Å²) in [6.07, 6.45) is 1.06. The second kappa shape index (κ2) is 5.68. The Kier molecular flexibility index (Phi) is 4.12. The van der Waals surface area contributed by atoms with Crippen LogP contribution < -0.4 is 10.5 Å². The Hall–Kier alpha value is -2.16. The number of anilines is 1. The van der Waals surface area contributed by atoms with Crippen molar-refractivity contribution in [2.24, 2.45) is 0 Å². The first-order valence-electron chi connectivity index (χ1n) is 5.73. The maximum absolute atomic E-state index is 12.1. The van der Waals surface area contributed by atoms with Crippen molar-refractivity contribution in [2.75, 3.05) is 12.0 Å². The molecule has 1 heterocycles. The molecule has 0 amide bonds. The van der Waals surface area contributed by atoms with E-state index in [1.54, 1.807) is 0 Å². The lowest BCUT2D eigenvalue weighted by Crippen LogP contribution is -2.03. The fourth-order valence-electron chi connectivity index (χ4n) is 1.80. The lowest BCUT2D eigenvalue weighted by molar-refractivity contribution is -0.0498. The van der Waals surface area contributed by atoms with E-state index in [4.69, 9.17) is 10.3 Å². The summed E-state index contributed by atoms with van der Waals surface area (Å²) >= 11 is 0. The highest BCUT2D eigenvalue weighted by Crippen LogP contribution is 2.32. The number of alkyl halides is 2. The minimum Gasteiger partial charge on any atom is -0.435 e. The number of benzene rings is 1. The third-order valence-corrected chi connectivity index (χ3v) is 3.35. The maximum Gasteiger partial charge on any atom is 0.387 e. The molecule has 2 aromatic rings. The summed E-state index contributed by atoms with van der Waals surface area (Å²) < 4.78 is 55.9. The number of hydrogen-bond donors (Lipinski definition) is 1. The Morgan fingerprint density at radius 2 is 1.95 bits per heavy atom. The Balaban J connectivity index is 2.35. The summed E-state index contributed by atoms with van der Waals surface area (Å²) in [5, 5.41) is 3.62. The van der Waals surface area contributed by atoms with Gasteiger partial charge in [0.15, 0.2) is 9.84 Å². The molecule has 0 radical (unpaired) electrons. The Bertz CT molecular complexity index is 726. The number of nitrogen functional groups attached to an aromatic ring is 1. The summed E-state index contributed by atoms with van der Waals surface area (Å²) in [6, 6.07) is 5.56. The lowest BCUT2D eigenvalue weighted by Gasteiger charge is -2.06. The van der Waals surface area contributed by atoms with Crippen LogP contribution in [0, 0.1) is 0 Å². The molecule has 0 aliphatic rings. The van der Waals surface area contributed by atoms with Gasteiger partial charge in [-0.25, -0.2) is 8.42 Å². The fraction of sp³-hybridized carbons (Fsp3) is 0.250. The van der Waals surface area contributed by atoms with Gasteiger partial charge in [0.1, 0.15) is 11.4 Å². The molecule has 0 unspecified atom stereocenters. The predicted molar refractivity (Wildman–Crippen MR) is 71.5 cm³/mol. The number of hydrogen-bond acceptors (Lipinski definition) is 6. The first kappa shape index (κ1) is 15.2. The van der Waals surface area contributed by atoms with E-state index in [-0.39, 0.29) is 23.1 Å². The topological polar surface area (TPSA) is 95.4 Å². The zero-order valence-electron chi connectivity index (χ0n) is 10.9. The SMILES string of the molecule is CS(=O)(=O)Cc1noc(N)c1-c1ccc(OC(F)F)cc1. The molecule has 9 heteroatoms. The summed E-state index contributed by atoms with van der Waals surface area (Å²) in [7, 11) is -3.32. The van der Waals surface area contributed by atoms with Crippen LogP contribution in [0.25, 0.3) is 11.1 Å². The van der Waals surface area contributed by atoms with E-state index in [2.05, 4.69) is 9.89 Å². The van der Waals surface area contributed by atoms with Crippen LogP contribution in [-0.2, 0) is 15.6 Å². The van der Waals surface area contributed by atoms with Crippen molar-refractivity contribution >= 4 is 15.7 Å². The maximum atomic E-state index is 12.1. The quantitative estimate of drug-likeness (QED) is 0.906. The molecule has 114 valence electrons.